The van der Waals surface area contributed by atoms with Crippen molar-refractivity contribution in [2.75, 3.05) is 18.0 Å². The summed E-state index contributed by atoms with van der Waals surface area (Å²) in [5.41, 5.74) is 0.0642. The average Bonchev–Trinajstić information content (AvgIpc) is 3.15. The molecule has 1 aliphatic heterocycles. The number of benzene rings is 1. The Bertz CT molecular complexity index is 749. The van der Waals surface area contributed by atoms with Gasteiger partial charge in [-0.25, -0.2) is 4.98 Å². The second-order valence-electron chi connectivity index (χ2n) is 6.03. The van der Waals surface area contributed by atoms with E-state index < -0.39 is 29.1 Å². The summed E-state index contributed by atoms with van der Waals surface area (Å²) in [6, 6.07) is 3.93. The number of imidazole rings is 1. The molecule has 2 aromatic rings. The van der Waals surface area contributed by atoms with E-state index in [4.69, 9.17) is 0 Å². The number of aliphatic hydroxyl groups is 1. The van der Waals surface area contributed by atoms with E-state index in [-0.39, 0.29) is 5.92 Å². The molecule has 3 rings (SSSR count). The zero-order valence-electron chi connectivity index (χ0n) is 13.7. The molecule has 0 aliphatic carbocycles. The highest BCUT2D eigenvalue weighted by Gasteiger charge is 2.28. The molecule has 8 nitrogen and oxygen atoms in total. The van der Waals surface area contributed by atoms with Crippen LogP contribution >= 0.6 is 0 Å². The number of aromatic nitrogens is 2. The van der Waals surface area contributed by atoms with Gasteiger partial charge in [-0.1, -0.05) is 0 Å². The number of aromatic amines is 1. The van der Waals surface area contributed by atoms with Crippen molar-refractivity contribution in [3.05, 3.63) is 46.5 Å². The number of aliphatic hydroxyl groups excluding tert-OH is 1. The van der Waals surface area contributed by atoms with Crippen molar-refractivity contribution in [1.82, 2.24) is 9.97 Å². The van der Waals surface area contributed by atoms with Crippen LogP contribution in [0.4, 0.5) is 20.2 Å². The van der Waals surface area contributed by atoms with Gasteiger partial charge in [-0.15, -0.1) is 0 Å². The molecule has 26 heavy (non-hydrogen) atoms. The van der Waals surface area contributed by atoms with E-state index in [2.05, 4.69) is 14.7 Å². The molecule has 2 N–H and O–H groups in total. The molecule has 10 heteroatoms. The van der Waals surface area contributed by atoms with Crippen LogP contribution in [0.15, 0.2) is 30.6 Å². The van der Waals surface area contributed by atoms with Crippen molar-refractivity contribution in [3.63, 3.8) is 0 Å². The summed E-state index contributed by atoms with van der Waals surface area (Å²) in [5.74, 6) is 0.0823. The molecule has 2 heterocycles. The maximum absolute atomic E-state index is 12.5. The Balaban J connectivity index is 1.70. The van der Waals surface area contributed by atoms with E-state index in [0.717, 1.165) is 6.07 Å². The fraction of sp³-hybridized carbons (Fsp3) is 0.438. The van der Waals surface area contributed by atoms with Crippen LogP contribution in [0.25, 0.3) is 0 Å². The molecule has 0 spiro atoms. The Morgan fingerprint density at radius 2 is 2.12 bits per heavy atom. The summed E-state index contributed by atoms with van der Waals surface area (Å²) < 4.78 is 29.3. The molecule has 140 valence electrons. The minimum atomic E-state index is -3.14. The molecule has 1 aromatic heterocycles. The van der Waals surface area contributed by atoms with Crippen molar-refractivity contribution >= 4 is 11.4 Å². The first-order valence-electron chi connectivity index (χ1n) is 8.11. The van der Waals surface area contributed by atoms with Gasteiger partial charge in [0.05, 0.1) is 4.92 Å². The third-order valence-electron chi connectivity index (χ3n) is 4.51. The van der Waals surface area contributed by atoms with Gasteiger partial charge >= 0.3 is 12.3 Å². The molecule has 1 aliphatic rings. The van der Waals surface area contributed by atoms with Crippen LogP contribution in [0.5, 0.6) is 5.75 Å². The van der Waals surface area contributed by atoms with Gasteiger partial charge in [0.1, 0.15) is 11.9 Å². The van der Waals surface area contributed by atoms with Gasteiger partial charge in [-0.2, -0.15) is 8.78 Å². The van der Waals surface area contributed by atoms with E-state index in [9.17, 15) is 24.0 Å². The quantitative estimate of drug-likeness (QED) is 0.600. The molecule has 0 bridgehead atoms. The maximum atomic E-state index is 12.5. The zero-order chi connectivity index (χ0) is 18.7. The van der Waals surface area contributed by atoms with E-state index in [1.54, 1.807) is 12.4 Å². The number of anilines is 1. The van der Waals surface area contributed by atoms with Crippen molar-refractivity contribution in [3.8, 4) is 5.75 Å². The van der Waals surface area contributed by atoms with Crippen LogP contribution in [0.1, 0.15) is 24.8 Å². The number of piperidine rings is 1. The Labute approximate surface area is 147 Å². The minimum absolute atomic E-state index is 0.0206. The molecule has 1 aromatic carbocycles. The highest BCUT2D eigenvalue weighted by atomic mass is 19.3. The SMILES string of the molecule is O=[N+]([O-])c1ccc(N2CCC(C(O)c3ncc[nH]3)CC2)cc1OC(F)F. The van der Waals surface area contributed by atoms with E-state index in [0.29, 0.717) is 37.4 Å². The number of nitro benzene ring substituents is 1. The number of nitrogens with zero attached hydrogens (tertiary/aromatic N) is 3. The third-order valence-corrected chi connectivity index (χ3v) is 4.51. The van der Waals surface area contributed by atoms with E-state index in [1.807, 2.05) is 4.90 Å². The van der Waals surface area contributed by atoms with E-state index in [1.165, 1.54) is 12.1 Å². The maximum Gasteiger partial charge on any atom is 0.387 e. The summed E-state index contributed by atoms with van der Waals surface area (Å²) in [6.07, 6.45) is 3.87. The van der Waals surface area contributed by atoms with Gasteiger partial charge in [-0.3, -0.25) is 10.1 Å². The summed E-state index contributed by atoms with van der Waals surface area (Å²) in [7, 11) is 0. The smallest absolute Gasteiger partial charge is 0.387 e. The number of nitro groups is 1. The zero-order valence-corrected chi connectivity index (χ0v) is 13.7. The fourth-order valence-electron chi connectivity index (χ4n) is 3.18. The lowest BCUT2D eigenvalue weighted by Crippen LogP contribution is -2.35. The number of nitrogens with one attached hydrogen (secondary N) is 1. The van der Waals surface area contributed by atoms with Gasteiger partial charge < -0.3 is 19.7 Å². The van der Waals surface area contributed by atoms with E-state index >= 15 is 0 Å². The lowest BCUT2D eigenvalue weighted by atomic mass is 9.90. The van der Waals surface area contributed by atoms with Crippen LogP contribution in [0, 0.1) is 16.0 Å². The van der Waals surface area contributed by atoms with Crippen LogP contribution in [-0.4, -0.2) is 39.7 Å². The Morgan fingerprint density at radius 3 is 2.69 bits per heavy atom. The molecular weight excluding hydrogens is 350 g/mol. The summed E-state index contributed by atoms with van der Waals surface area (Å²) in [5, 5.41) is 21.3. The number of rotatable bonds is 6. The second-order valence-corrected chi connectivity index (χ2v) is 6.03. The molecule has 0 saturated carbocycles. The fourth-order valence-corrected chi connectivity index (χ4v) is 3.18. The third kappa shape index (κ3) is 3.90. The van der Waals surface area contributed by atoms with Crippen LogP contribution in [0.2, 0.25) is 0 Å². The molecule has 0 radical (unpaired) electrons. The predicted octanol–water partition coefficient (Wildman–Crippen LogP) is 2.87. The molecule has 1 fully saturated rings. The second kappa shape index (κ2) is 7.65. The standard InChI is InChI=1S/C16H18F2N4O4/c17-16(18)26-13-9-11(1-2-12(13)22(24)25)21-7-3-10(4-8-21)14(23)15-19-5-6-20-15/h1-2,5-6,9-10,14,16,23H,3-4,7-8H2,(H,19,20). The van der Waals surface area contributed by atoms with Crippen molar-refractivity contribution in [2.24, 2.45) is 5.92 Å². The first-order chi connectivity index (χ1) is 12.5. The van der Waals surface area contributed by atoms with Crippen LogP contribution in [0.3, 0.4) is 0 Å². The van der Waals surface area contributed by atoms with Gasteiger partial charge in [-0.05, 0) is 24.8 Å². The highest BCUT2D eigenvalue weighted by Crippen LogP contribution is 2.36. The number of hydrogen-bond acceptors (Lipinski definition) is 6. The van der Waals surface area contributed by atoms with Gasteiger partial charge in [0.25, 0.3) is 0 Å². The minimum Gasteiger partial charge on any atom is -0.427 e. The summed E-state index contributed by atoms with van der Waals surface area (Å²) in [4.78, 5) is 19.1. The first-order valence-corrected chi connectivity index (χ1v) is 8.11. The van der Waals surface area contributed by atoms with Gasteiger partial charge in [0, 0.05) is 43.3 Å². The Hall–Kier alpha value is -2.75. The van der Waals surface area contributed by atoms with Crippen LogP contribution in [-0.2, 0) is 0 Å². The number of alkyl halides is 2. The molecule has 1 atom stereocenters. The lowest BCUT2D eigenvalue weighted by Gasteiger charge is -2.35. The summed E-state index contributed by atoms with van der Waals surface area (Å²) >= 11 is 0. The topological polar surface area (TPSA) is 105 Å². The number of hydrogen-bond donors (Lipinski definition) is 2. The molecular formula is C16H18F2N4O4. The summed E-state index contributed by atoms with van der Waals surface area (Å²) in [6.45, 7) is -1.99. The number of ether oxygens (including phenoxy) is 1. The van der Waals surface area contributed by atoms with Crippen molar-refractivity contribution in [1.29, 1.82) is 0 Å². The first kappa shape index (κ1) is 18.1. The largest absolute Gasteiger partial charge is 0.427 e. The highest BCUT2D eigenvalue weighted by molar-refractivity contribution is 5.59. The normalized spacial score (nSPS) is 16.7. The lowest BCUT2D eigenvalue weighted by molar-refractivity contribution is -0.386. The Kier molecular flexibility index (Phi) is 5.31. The van der Waals surface area contributed by atoms with Crippen molar-refractivity contribution < 1.29 is 23.5 Å². The number of halogens is 2. The van der Waals surface area contributed by atoms with Crippen LogP contribution < -0.4 is 9.64 Å². The monoisotopic (exact) mass is 368 g/mol. The van der Waals surface area contributed by atoms with Gasteiger partial charge in [0.15, 0.2) is 0 Å². The number of H-pyrrole nitrogens is 1. The molecule has 0 amide bonds. The molecule has 1 unspecified atom stereocenters. The van der Waals surface area contributed by atoms with Gasteiger partial charge in [0.2, 0.25) is 5.75 Å². The average molecular weight is 368 g/mol. The van der Waals surface area contributed by atoms with Crippen molar-refractivity contribution in [2.45, 2.75) is 25.6 Å². The molecule has 1 saturated heterocycles. The Morgan fingerprint density at radius 1 is 1.38 bits per heavy atom. The predicted molar refractivity (Wildman–Crippen MR) is 88.2 cm³/mol.